The molecule has 2 rings (SSSR count). The van der Waals surface area contributed by atoms with Crippen molar-refractivity contribution in [2.45, 2.75) is 25.4 Å². The maximum atomic E-state index is 10.4. The van der Waals surface area contributed by atoms with Gasteiger partial charge in [-0.3, -0.25) is 5.41 Å². The van der Waals surface area contributed by atoms with Crippen LogP contribution in [-0.4, -0.2) is 17.6 Å². The Labute approximate surface area is 101 Å². The van der Waals surface area contributed by atoms with Crippen molar-refractivity contribution in [3.63, 3.8) is 0 Å². The lowest BCUT2D eigenvalue weighted by atomic mass is 9.96. The Morgan fingerprint density at radius 3 is 2.88 bits per heavy atom. The zero-order valence-electron chi connectivity index (χ0n) is 9.19. The summed E-state index contributed by atoms with van der Waals surface area (Å²) in [6.07, 6.45) is 1.35. The summed E-state index contributed by atoms with van der Waals surface area (Å²) in [5.41, 5.74) is 0.736. The van der Waals surface area contributed by atoms with E-state index < -0.39 is 5.60 Å². The minimum atomic E-state index is -1.20. The molecule has 1 aromatic rings. The van der Waals surface area contributed by atoms with E-state index in [4.69, 9.17) is 10.1 Å². The van der Waals surface area contributed by atoms with E-state index in [-0.39, 0.29) is 18.3 Å². The number of hydrogen-bond donors (Lipinski definition) is 2. The fraction of sp³-hybridized carbons (Fsp3) is 0.417. The highest BCUT2D eigenvalue weighted by Gasteiger charge is 2.41. The number of benzene rings is 1. The summed E-state index contributed by atoms with van der Waals surface area (Å²) in [6, 6.07) is 7.70. The first-order valence-electron chi connectivity index (χ1n) is 5.21. The van der Waals surface area contributed by atoms with Crippen molar-refractivity contribution < 1.29 is 9.84 Å². The average Bonchev–Trinajstić information content (AvgIpc) is 2.59. The zero-order valence-corrected chi connectivity index (χ0v) is 10.0. The van der Waals surface area contributed by atoms with Crippen molar-refractivity contribution in [2.75, 3.05) is 6.61 Å². The van der Waals surface area contributed by atoms with Crippen LogP contribution in [0.3, 0.4) is 0 Å². The molecule has 88 valence electrons. The molecule has 1 aliphatic rings. The molecule has 0 radical (unpaired) electrons. The van der Waals surface area contributed by atoms with Crippen molar-refractivity contribution in [1.29, 1.82) is 5.41 Å². The van der Waals surface area contributed by atoms with Gasteiger partial charge in [0.1, 0.15) is 0 Å². The van der Waals surface area contributed by atoms with Crippen molar-refractivity contribution in [1.82, 2.24) is 0 Å². The fourth-order valence-corrected chi connectivity index (χ4v) is 2.09. The Morgan fingerprint density at radius 1 is 1.50 bits per heavy atom. The molecule has 1 unspecified atom stereocenters. The van der Waals surface area contributed by atoms with Crippen LogP contribution in [0.2, 0.25) is 0 Å². The van der Waals surface area contributed by atoms with Gasteiger partial charge in [-0.15, -0.1) is 12.4 Å². The van der Waals surface area contributed by atoms with Crippen LogP contribution >= 0.6 is 12.4 Å². The van der Waals surface area contributed by atoms with E-state index in [0.717, 1.165) is 17.5 Å². The summed E-state index contributed by atoms with van der Waals surface area (Å²) in [5.74, 6) is -0.0325. The first kappa shape index (κ1) is 13.0. The lowest BCUT2D eigenvalue weighted by Crippen LogP contribution is -2.34. The minimum absolute atomic E-state index is 0. The third-order valence-corrected chi connectivity index (χ3v) is 2.88. The third kappa shape index (κ3) is 1.93. The van der Waals surface area contributed by atoms with E-state index in [9.17, 15) is 5.11 Å². The third-order valence-electron chi connectivity index (χ3n) is 2.88. The van der Waals surface area contributed by atoms with Crippen molar-refractivity contribution in [3.05, 3.63) is 35.4 Å². The Morgan fingerprint density at radius 2 is 2.19 bits per heavy atom. The van der Waals surface area contributed by atoms with Crippen LogP contribution < -0.4 is 0 Å². The first-order valence-corrected chi connectivity index (χ1v) is 5.21. The molecule has 0 saturated carbocycles. The molecule has 3 nitrogen and oxygen atoms in total. The topological polar surface area (TPSA) is 53.3 Å². The van der Waals surface area contributed by atoms with E-state index in [1.807, 2.05) is 31.2 Å². The van der Waals surface area contributed by atoms with E-state index >= 15 is 0 Å². The van der Waals surface area contributed by atoms with Gasteiger partial charge in [0.05, 0.1) is 6.61 Å². The van der Waals surface area contributed by atoms with E-state index in [0.29, 0.717) is 13.0 Å². The smallest absolute Gasteiger partial charge is 0.218 e. The molecule has 1 aliphatic carbocycles. The van der Waals surface area contributed by atoms with Crippen LogP contribution in [0.1, 0.15) is 24.5 Å². The van der Waals surface area contributed by atoms with Crippen LogP contribution in [0.25, 0.3) is 0 Å². The Hall–Kier alpha value is -1.06. The molecule has 2 N–H and O–H groups in total. The predicted molar refractivity (Wildman–Crippen MR) is 65.3 cm³/mol. The predicted octanol–water partition coefficient (Wildman–Crippen LogP) is 2.26. The molecule has 0 spiro atoms. The Bertz CT molecular complexity index is 394. The van der Waals surface area contributed by atoms with Crippen LogP contribution in [0.5, 0.6) is 0 Å². The molecule has 0 bridgehead atoms. The molecular weight excluding hydrogens is 226 g/mol. The van der Waals surface area contributed by atoms with Gasteiger partial charge < -0.3 is 9.84 Å². The number of aryl methyl sites for hydroxylation is 1. The standard InChI is InChI=1S/C12H15NO2.ClH/c1-2-15-11(13)12(14)8-7-9-5-3-4-6-10(9)12;/h3-6,13-14H,2,7-8H2,1H3;1H. The van der Waals surface area contributed by atoms with Gasteiger partial charge in [-0.1, -0.05) is 24.3 Å². The number of fused-ring (bicyclic) bond motifs is 1. The maximum absolute atomic E-state index is 10.4. The largest absolute Gasteiger partial charge is 0.479 e. The van der Waals surface area contributed by atoms with Crippen molar-refractivity contribution in [2.24, 2.45) is 0 Å². The number of hydrogen-bond acceptors (Lipinski definition) is 3. The average molecular weight is 242 g/mol. The first-order chi connectivity index (χ1) is 7.18. The van der Waals surface area contributed by atoms with Crippen molar-refractivity contribution in [3.8, 4) is 0 Å². The summed E-state index contributed by atoms with van der Waals surface area (Å²) < 4.78 is 5.12. The highest BCUT2D eigenvalue weighted by Crippen LogP contribution is 2.37. The highest BCUT2D eigenvalue weighted by atomic mass is 35.5. The number of halogens is 1. The zero-order chi connectivity index (χ0) is 10.9. The fourth-order valence-electron chi connectivity index (χ4n) is 2.09. The molecule has 0 saturated heterocycles. The second-order valence-electron chi connectivity index (χ2n) is 3.78. The SMILES string of the molecule is CCOC(=N)C1(O)CCc2ccccc21.Cl. The van der Waals surface area contributed by atoms with Crippen LogP contribution in [-0.2, 0) is 16.8 Å². The summed E-state index contributed by atoms with van der Waals surface area (Å²) in [7, 11) is 0. The summed E-state index contributed by atoms with van der Waals surface area (Å²) in [5, 5.41) is 18.1. The van der Waals surface area contributed by atoms with Gasteiger partial charge in [0, 0.05) is 0 Å². The molecule has 0 fully saturated rings. The summed E-state index contributed by atoms with van der Waals surface area (Å²) in [4.78, 5) is 0. The van der Waals surface area contributed by atoms with Gasteiger partial charge >= 0.3 is 0 Å². The number of ether oxygens (including phenoxy) is 1. The van der Waals surface area contributed by atoms with Crippen LogP contribution in [0.4, 0.5) is 0 Å². The van der Waals surface area contributed by atoms with Crippen LogP contribution in [0, 0.1) is 5.41 Å². The van der Waals surface area contributed by atoms with Crippen molar-refractivity contribution >= 4 is 18.3 Å². The summed E-state index contributed by atoms with van der Waals surface area (Å²) >= 11 is 0. The van der Waals surface area contributed by atoms with Gasteiger partial charge in [0.15, 0.2) is 5.60 Å². The molecule has 1 atom stereocenters. The second kappa shape index (κ2) is 4.85. The maximum Gasteiger partial charge on any atom is 0.218 e. The molecule has 4 heteroatoms. The molecule has 0 heterocycles. The molecule has 1 aromatic carbocycles. The van der Waals surface area contributed by atoms with Gasteiger partial charge in [0.25, 0.3) is 0 Å². The van der Waals surface area contributed by atoms with E-state index in [1.165, 1.54) is 0 Å². The minimum Gasteiger partial charge on any atom is -0.479 e. The van der Waals surface area contributed by atoms with Gasteiger partial charge in [-0.05, 0) is 30.9 Å². The molecule has 0 aromatic heterocycles. The Balaban J connectivity index is 0.00000128. The van der Waals surface area contributed by atoms with Gasteiger partial charge in [0.2, 0.25) is 5.90 Å². The number of nitrogens with one attached hydrogen (secondary N) is 1. The van der Waals surface area contributed by atoms with Crippen LogP contribution in [0.15, 0.2) is 24.3 Å². The number of rotatable bonds is 2. The molecule has 0 amide bonds. The molecule has 16 heavy (non-hydrogen) atoms. The highest BCUT2D eigenvalue weighted by molar-refractivity contribution is 5.85. The molecular formula is C12H16ClNO2. The Kier molecular flexibility index (Phi) is 3.94. The number of aliphatic hydroxyl groups is 1. The summed E-state index contributed by atoms with van der Waals surface area (Å²) in [6.45, 7) is 2.24. The second-order valence-corrected chi connectivity index (χ2v) is 3.78. The lowest BCUT2D eigenvalue weighted by molar-refractivity contribution is 0.0782. The van der Waals surface area contributed by atoms with E-state index in [2.05, 4.69) is 0 Å². The normalized spacial score (nSPS) is 22.1. The van der Waals surface area contributed by atoms with Gasteiger partial charge in [-0.25, -0.2) is 0 Å². The molecule has 0 aliphatic heterocycles. The lowest BCUT2D eigenvalue weighted by Gasteiger charge is -2.24. The quantitative estimate of drug-likeness (QED) is 0.617. The van der Waals surface area contributed by atoms with Gasteiger partial charge in [-0.2, -0.15) is 0 Å². The monoisotopic (exact) mass is 241 g/mol. The van der Waals surface area contributed by atoms with E-state index in [1.54, 1.807) is 0 Å².